The molecule has 0 saturated carbocycles. The van der Waals surface area contributed by atoms with Crippen molar-refractivity contribution in [1.82, 2.24) is 4.90 Å². The van der Waals surface area contributed by atoms with E-state index >= 15 is 0 Å². The summed E-state index contributed by atoms with van der Waals surface area (Å²) in [6, 6.07) is 10.2. The molecule has 0 aliphatic carbocycles. The van der Waals surface area contributed by atoms with Crippen LogP contribution in [0.2, 0.25) is 0 Å². The molecule has 0 unspecified atom stereocenters. The van der Waals surface area contributed by atoms with Crippen molar-refractivity contribution in [2.24, 2.45) is 5.41 Å². The summed E-state index contributed by atoms with van der Waals surface area (Å²) in [6.45, 7) is 8.10. The smallest absolute Gasteiger partial charge is 0.0991 e. The molecule has 2 rings (SSSR count). The van der Waals surface area contributed by atoms with Gasteiger partial charge < -0.3 is 0 Å². The fourth-order valence-corrected chi connectivity index (χ4v) is 3.46. The first-order valence-corrected chi connectivity index (χ1v) is 7.43. The average Bonchev–Trinajstić information content (AvgIpc) is 2.38. The van der Waals surface area contributed by atoms with E-state index in [1.807, 2.05) is 12.1 Å². The van der Waals surface area contributed by atoms with Crippen molar-refractivity contribution in [3.63, 3.8) is 0 Å². The lowest BCUT2D eigenvalue weighted by Crippen LogP contribution is -2.55. The lowest BCUT2D eigenvalue weighted by molar-refractivity contribution is -0.0203. The van der Waals surface area contributed by atoms with Crippen molar-refractivity contribution in [2.45, 2.75) is 46.1 Å². The molecule has 0 radical (unpaired) electrons. The maximum absolute atomic E-state index is 8.79. The first-order valence-electron chi connectivity index (χ1n) is 7.43. The van der Waals surface area contributed by atoms with E-state index < -0.39 is 0 Å². The Hall–Kier alpha value is -1.33. The number of rotatable bonds is 6. The second-order valence-corrected chi connectivity index (χ2v) is 5.95. The Bertz CT molecular complexity index is 427. The predicted octanol–water partition coefficient (Wildman–Crippen LogP) is 3.96. The summed E-state index contributed by atoms with van der Waals surface area (Å²) in [5, 5.41) is 8.79. The molecule has 1 aliphatic heterocycles. The molecule has 2 heteroatoms. The largest absolute Gasteiger partial charge is 0.298 e. The lowest BCUT2D eigenvalue weighted by atomic mass is 9.72. The first-order chi connectivity index (χ1) is 9.21. The number of hydrogen-bond donors (Lipinski definition) is 0. The van der Waals surface area contributed by atoms with Gasteiger partial charge in [0, 0.05) is 19.6 Å². The van der Waals surface area contributed by atoms with E-state index in [2.05, 4.69) is 36.9 Å². The van der Waals surface area contributed by atoms with Gasteiger partial charge >= 0.3 is 0 Å². The van der Waals surface area contributed by atoms with Crippen molar-refractivity contribution < 1.29 is 0 Å². The summed E-state index contributed by atoms with van der Waals surface area (Å²) in [4.78, 5) is 2.53. The molecule has 0 N–H and O–H groups in total. The van der Waals surface area contributed by atoms with Gasteiger partial charge in [0.1, 0.15) is 0 Å². The molecule has 0 aromatic heterocycles. The van der Waals surface area contributed by atoms with Gasteiger partial charge in [-0.25, -0.2) is 0 Å². The SMILES string of the molecule is CCCC1(CCC)CN(Cc2ccc(C#N)cc2)C1. The normalized spacial score (nSPS) is 17.7. The molecular formula is C17H24N2. The summed E-state index contributed by atoms with van der Waals surface area (Å²) in [5.74, 6) is 0. The van der Waals surface area contributed by atoms with Gasteiger partial charge in [-0.1, -0.05) is 38.8 Å². The van der Waals surface area contributed by atoms with Gasteiger partial charge in [-0.2, -0.15) is 5.26 Å². The van der Waals surface area contributed by atoms with E-state index in [9.17, 15) is 0 Å². The molecule has 1 aromatic rings. The Morgan fingerprint density at radius 3 is 2.16 bits per heavy atom. The maximum atomic E-state index is 8.79. The molecule has 1 aliphatic rings. The van der Waals surface area contributed by atoms with Crippen molar-refractivity contribution in [3.8, 4) is 6.07 Å². The highest BCUT2D eigenvalue weighted by Gasteiger charge is 2.40. The topological polar surface area (TPSA) is 27.0 Å². The molecular weight excluding hydrogens is 232 g/mol. The fraction of sp³-hybridized carbons (Fsp3) is 0.588. The molecule has 102 valence electrons. The zero-order chi connectivity index (χ0) is 13.7. The van der Waals surface area contributed by atoms with Crippen LogP contribution in [0.3, 0.4) is 0 Å². The van der Waals surface area contributed by atoms with Crippen LogP contribution >= 0.6 is 0 Å². The second kappa shape index (κ2) is 6.21. The minimum Gasteiger partial charge on any atom is -0.298 e. The van der Waals surface area contributed by atoms with Crippen molar-refractivity contribution in [3.05, 3.63) is 35.4 Å². The molecule has 19 heavy (non-hydrogen) atoms. The highest BCUT2D eigenvalue weighted by atomic mass is 15.2. The van der Waals surface area contributed by atoms with E-state index in [0.29, 0.717) is 5.41 Å². The summed E-state index contributed by atoms with van der Waals surface area (Å²) in [7, 11) is 0. The Kier molecular flexibility index (Phi) is 4.61. The molecule has 0 amide bonds. The summed E-state index contributed by atoms with van der Waals surface area (Å²) in [5.41, 5.74) is 2.66. The zero-order valence-electron chi connectivity index (χ0n) is 12.2. The standard InChI is InChI=1S/C17H24N2/c1-3-9-17(10-4-2)13-19(14-17)12-16-7-5-15(11-18)6-8-16/h5-8H,3-4,9-10,12-14H2,1-2H3. The van der Waals surface area contributed by atoms with Crippen LogP contribution in [0.25, 0.3) is 0 Å². The molecule has 0 atom stereocenters. The number of likely N-dealkylation sites (tertiary alicyclic amines) is 1. The van der Waals surface area contributed by atoms with Crippen LogP contribution in [-0.4, -0.2) is 18.0 Å². The number of hydrogen-bond acceptors (Lipinski definition) is 2. The zero-order valence-corrected chi connectivity index (χ0v) is 12.2. The van der Waals surface area contributed by atoms with Crippen LogP contribution in [0.15, 0.2) is 24.3 Å². The first kappa shape index (κ1) is 14.1. The van der Waals surface area contributed by atoms with Gasteiger partial charge in [-0.15, -0.1) is 0 Å². The monoisotopic (exact) mass is 256 g/mol. The average molecular weight is 256 g/mol. The molecule has 1 saturated heterocycles. The molecule has 0 bridgehead atoms. The van der Waals surface area contributed by atoms with Crippen LogP contribution in [0.4, 0.5) is 0 Å². The lowest BCUT2D eigenvalue weighted by Gasteiger charge is -2.51. The number of nitrogens with zero attached hydrogens (tertiary/aromatic N) is 2. The molecule has 1 aromatic carbocycles. The highest BCUT2D eigenvalue weighted by Crippen LogP contribution is 2.40. The van der Waals surface area contributed by atoms with E-state index in [1.54, 1.807) is 0 Å². The van der Waals surface area contributed by atoms with E-state index in [4.69, 9.17) is 5.26 Å². The van der Waals surface area contributed by atoms with Crippen LogP contribution in [0, 0.1) is 16.7 Å². The number of benzene rings is 1. The van der Waals surface area contributed by atoms with E-state index in [-0.39, 0.29) is 0 Å². The highest BCUT2D eigenvalue weighted by molar-refractivity contribution is 5.31. The molecule has 0 spiro atoms. The van der Waals surface area contributed by atoms with Gasteiger partial charge in [-0.3, -0.25) is 4.90 Å². The van der Waals surface area contributed by atoms with Crippen LogP contribution in [0.1, 0.15) is 50.7 Å². The van der Waals surface area contributed by atoms with Gasteiger partial charge in [0.05, 0.1) is 11.6 Å². The molecule has 1 heterocycles. The van der Waals surface area contributed by atoms with Crippen molar-refractivity contribution >= 4 is 0 Å². The summed E-state index contributed by atoms with van der Waals surface area (Å²) >= 11 is 0. The Morgan fingerprint density at radius 1 is 1.11 bits per heavy atom. The van der Waals surface area contributed by atoms with Crippen molar-refractivity contribution in [1.29, 1.82) is 5.26 Å². The van der Waals surface area contributed by atoms with E-state index in [0.717, 1.165) is 12.1 Å². The van der Waals surface area contributed by atoms with Crippen LogP contribution < -0.4 is 0 Å². The summed E-state index contributed by atoms with van der Waals surface area (Å²) in [6.07, 6.45) is 5.32. The third kappa shape index (κ3) is 3.36. The quantitative estimate of drug-likeness (QED) is 0.770. The van der Waals surface area contributed by atoms with E-state index in [1.165, 1.54) is 44.3 Å². The van der Waals surface area contributed by atoms with Crippen molar-refractivity contribution in [2.75, 3.05) is 13.1 Å². The van der Waals surface area contributed by atoms with Crippen LogP contribution in [0.5, 0.6) is 0 Å². The third-order valence-electron chi connectivity index (χ3n) is 4.17. The molecule has 2 nitrogen and oxygen atoms in total. The fourth-order valence-electron chi connectivity index (χ4n) is 3.46. The third-order valence-corrected chi connectivity index (χ3v) is 4.17. The Morgan fingerprint density at radius 2 is 1.68 bits per heavy atom. The predicted molar refractivity (Wildman–Crippen MR) is 78.7 cm³/mol. The van der Waals surface area contributed by atoms with Gasteiger partial charge in [0.2, 0.25) is 0 Å². The Labute approximate surface area is 117 Å². The number of nitriles is 1. The van der Waals surface area contributed by atoms with Gasteiger partial charge in [-0.05, 0) is 36.0 Å². The minimum absolute atomic E-state index is 0.593. The second-order valence-electron chi connectivity index (χ2n) is 5.95. The summed E-state index contributed by atoms with van der Waals surface area (Å²) < 4.78 is 0. The van der Waals surface area contributed by atoms with Gasteiger partial charge in [0.25, 0.3) is 0 Å². The van der Waals surface area contributed by atoms with Gasteiger partial charge in [0.15, 0.2) is 0 Å². The maximum Gasteiger partial charge on any atom is 0.0991 e. The minimum atomic E-state index is 0.593. The Balaban J connectivity index is 1.87. The molecule has 1 fully saturated rings. The van der Waals surface area contributed by atoms with Crippen LogP contribution in [-0.2, 0) is 6.54 Å².